The van der Waals surface area contributed by atoms with Crippen LogP contribution in [0, 0.1) is 6.42 Å². The van der Waals surface area contributed by atoms with Crippen molar-refractivity contribution in [2.24, 2.45) is 5.73 Å². The monoisotopic (exact) mass is 155 g/mol. The van der Waals surface area contributed by atoms with E-state index in [9.17, 15) is 4.79 Å². The van der Waals surface area contributed by atoms with E-state index in [1.165, 1.54) is 0 Å². The van der Waals surface area contributed by atoms with Crippen molar-refractivity contribution in [1.82, 2.24) is 4.90 Å². The van der Waals surface area contributed by atoms with E-state index in [1.54, 1.807) is 0 Å². The van der Waals surface area contributed by atoms with E-state index >= 15 is 0 Å². The number of hydrogen-bond donors (Lipinski definition) is 1. The zero-order chi connectivity index (χ0) is 8.27. The summed E-state index contributed by atoms with van der Waals surface area (Å²) in [5.41, 5.74) is 5.18. The highest BCUT2D eigenvalue weighted by Crippen LogP contribution is 2.10. The number of carbonyl (C=O) groups is 1. The molecule has 1 amide bonds. The van der Waals surface area contributed by atoms with Crippen LogP contribution in [0.3, 0.4) is 0 Å². The fourth-order valence-corrected chi connectivity index (χ4v) is 1.34. The van der Waals surface area contributed by atoms with E-state index in [1.807, 2.05) is 6.92 Å². The second kappa shape index (κ2) is 3.72. The van der Waals surface area contributed by atoms with Crippen LogP contribution >= 0.6 is 0 Å². The Balaban J connectivity index is 2.38. The lowest BCUT2D eigenvalue weighted by atomic mass is 10.1. The van der Waals surface area contributed by atoms with Crippen molar-refractivity contribution in [3.05, 3.63) is 6.42 Å². The van der Waals surface area contributed by atoms with Gasteiger partial charge in [0.2, 0.25) is 5.91 Å². The Bertz CT molecular complexity index is 141. The number of amides is 1. The number of nitrogens with zero attached hydrogens (tertiary/aromatic N) is 1. The molecule has 0 aromatic heterocycles. The van der Waals surface area contributed by atoms with Crippen LogP contribution in [0.2, 0.25) is 0 Å². The molecule has 1 unspecified atom stereocenters. The van der Waals surface area contributed by atoms with Crippen LogP contribution in [-0.2, 0) is 4.79 Å². The molecule has 0 saturated carbocycles. The van der Waals surface area contributed by atoms with Crippen LogP contribution in [-0.4, -0.2) is 29.9 Å². The molecule has 1 aliphatic rings. The van der Waals surface area contributed by atoms with Crippen LogP contribution < -0.4 is 5.73 Å². The summed E-state index contributed by atoms with van der Waals surface area (Å²) in [5, 5.41) is 0. The van der Waals surface area contributed by atoms with Crippen molar-refractivity contribution in [3.63, 3.8) is 0 Å². The minimum absolute atomic E-state index is 0.0938. The zero-order valence-corrected chi connectivity index (χ0v) is 6.92. The lowest BCUT2D eigenvalue weighted by Crippen LogP contribution is -2.45. The molecule has 0 aromatic rings. The standard InChI is InChI=1S/C8H15N2O/c1-7(8(9)11)10-5-3-2-4-6-10/h2,7H,3-6H2,1H3,(H2,9,11). The zero-order valence-electron chi connectivity index (χ0n) is 6.92. The van der Waals surface area contributed by atoms with Crippen LogP contribution in [0.1, 0.15) is 19.8 Å². The molecule has 11 heavy (non-hydrogen) atoms. The van der Waals surface area contributed by atoms with E-state index in [4.69, 9.17) is 5.73 Å². The first-order valence-corrected chi connectivity index (χ1v) is 4.07. The van der Waals surface area contributed by atoms with Gasteiger partial charge in [-0.3, -0.25) is 9.69 Å². The lowest BCUT2D eigenvalue weighted by Gasteiger charge is -2.30. The molecule has 0 aliphatic carbocycles. The van der Waals surface area contributed by atoms with Crippen LogP contribution in [0.4, 0.5) is 0 Å². The minimum atomic E-state index is -0.216. The Morgan fingerprint density at radius 1 is 1.55 bits per heavy atom. The van der Waals surface area contributed by atoms with E-state index in [-0.39, 0.29) is 11.9 Å². The first kappa shape index (κ1) is 8.53. The van der Waals surface area contributed by atoms with E-state index in [0.717, 1.165) is 25.9 Å². The molecule has 2 N–H and O–H groups in total. The molecular weight excluding hydrogens is 140 g/mol. The van der Waals surface area contributed by atoms with Crippen molar-refractivity contribution in [1.29, 1.82) is 0 Å². The number of primary amides is 1. The van der Waals surface area contributed by atoms with Gasteiger partial charge < -0.3 is 5.73 Å². The second-order valence-electron chi connectivity index (χ2n) is 2.98. The maximum absolute atomic E-state index is 10.8. The van der Waals surface area contributed by atoms with Gasteiger partial charge in [-0.25, -0.2) is 0 Å². The van der Waals surface area contributed by atoms with Crippen molar-refractivity contribution in [3.8, 4) is 0 Å². The van der Waals surface area contributed by atoms with Crippen molar-refractivity contribution < 1.29 is 4.79 Å². The van der Waals surface area contributed by atoms with Crippen LogP contribution in [0.15, 0.2) is 0 Å². The first-order valence-electron chi connectivity index (χ1n) is 4.07. The fourth-order valence-electron chi connectivity index (χ4n) is 1.34. The van der Waals surface area contributed by atoms with Gasteiger partial charge in [-0.1, -0.05) is 0 Å². The van der Waals surface area contributed by atoms with E-state index in [2.05, 4.69) is 11.3 Å². The van der Waals surface area contributed by atoms with Crippen molar-refractivity contribution in [2.45, 2.75) is 25.8 Å². The smallest absolute Gasteiger partial charge is 0.234 e. The minimum Gasteiger partial charge on any atom is -0.368 e. The third-order valence-electron chi connectivity index (χ3n) is 2.20. The molecule has 63 valence electrons. The number of likely N-dealkylation sites (tertiary alicyclic amines) is 1. The van der Waals surface area contributed by atoms with Crippen LogP contribution in [0.25, 0.3) is 0 Å². The molecule has 1 saturated heterocycles. The van der Waals surface area contributed by atoms with Crippen LogP contribution in [0.5, 0.6) is 0 Å². The molecule has 1 heterocycles. The maximum atomic E-state index is 10.8. The average Bonchev–Trinajstić information content (AvgIpc) is 2.05. The molecular formula is C8H15N2O. The summed E-state index contributed by atoms with van der Waals surface area (Å²) >= 11 is 0. The molecule has 1 aliphatic heterocycles. The maximum Gasteiger partial charge on any atom is 0.234 e. The third-order valence-corrected chi connectivity index (χ3v) is 2.20. The molecule has 3 nitrogen and oxygen atoms in total. The predicted octanol–water partition coefficient (Wildman–Crippen LogP) is 0.160. The lowest BCUT2D eigenvalue weighted by molar-refractivity contribution is -0.122. The Hall–Kier alpha value is -0.570. The van der Waals surface area contributed by atoms with Gasteiger partial charge in [-0.2, -0.15) is 0 Å². The molecule has 0 aromatic carbocycles. The molecule has 1 radical (unpaired) electrons. The summed E-state index contributed by atoms with van der Waals surface area (Å²) in [6, 6.07) is -0.0938. The number of hydrogen-bond acceptors (Lipinski definition) is 2. The molecule has 1 atom stereocenters. The van der Waals surface area contributed by atoms with Gasteiger partial charge in [0.1, 0.15) is 0 Å². The Kier molecular flexibility index (Phi) is 2.88. The quantitative estimate of drug-likeness (QED) is 0.617. The topological polar surface area (TPSA) is 46.3 Å². The molecule has 1 fully saturated rings. The largest absolute Gasteiger partial charge is 0.368 e. The third kappa shape index (κ3) is 2.19. The fraction of sp³-hybridized carbons (Fsp3) is 0.750. The van der Waals surface area contributed by atoms with Crippen molar-refractivity contribution >= 4 is 5.91 Å². The summed E-state index contributed by atoms with van der Waals surface area (Å²) in [6.45, 7) is 3.82. The normalized spacial score (nSPS) is 23.0. The van der Waals surface area contributed by atoms with Gasteiger partial charge in [-0.05, 0) is 39.3 Å². The molecule has 1 rings (SSSR count). The van der Waals surface area contributed by atoms with Gasteiger partial charge in [0.25, 0.3) is 0 Å². The SMILES string of the molecule is CC(C(N)=O)N1CC[CH]CC1. The summed E-state index contributed by atoms with van der Waals surface area (Å²) < 4.78 is 0. The number of carbonyl (C=O) groups excluding carboxylic acids is 1. The van der Waals surface area contributed by atoms with Gasteiger partial charge >= 0.3 is 0 Å². The van der Waals surface area contributed by atoms with Gasteiger partial charge in [0.15, 0.2) is 0 Å². The number of nitrogens with two attached hydrogens (primary N) is 1. The van der Waals surface area contributed by atoms with E-state index < -0.39 is 0 Å². The molecule has 0 bridgehead atoms. The van der Waals surface area contributed by atoms with Gasteiger partial charge in [-0.15, -0.1) is 0 Å². The highest BCUT2D eigenvalue weighted by molar-refractivity contribution is 5.79. The first-order chi connectivity index (χ1) is 5.22. The predicted molar refractivity (Wildman–Crippen MR) is 43.8 cm³/mol. The van der Waals surface area contributed by atoms with Gasteiger partial charge in [0.05, 0.1) is 6.04 Å². The van der Waals surface area contributed by atoms with Gasteiger partial charge in [0, 0.05) is 0 Å². The Labute approximate surface area is 67.5 Å². The highest BCUT2D eigenvalue weighted by Gasteiger charge is 2.19. The molecule has 0 spiro atoms. The summed E-state index contributed by atoms with van der Waals surface area (Å²) in [7, 11) is 0. The Morgan fingerprint density at radius 2 is 2.09 bits per heavy atom. The highest BCUT2D eigenvalue weighted by atomic mass is 16.1. The average molecular weight is 155 g/mol. The number of piperidine rings is 1. The number of rotatable bonds is 2. The Morgan fingerprint density at radius 3 is 2.55 bits per heavy atom. The summed E-state index contributed by atoms with van der Waals surface area (Å²) in [6.07, 6.45) is 4.42. The summed E-state index contributed by atoms with van der Waals surface area (Å²) in [4.78, 5) is 12.9. The van der Waals surface area contributed by atoms with Crippen molar-refractivity contribution in [2.75, 3.05) is 13.1 Å². The summed E-state index contributed by atoms with van der Waals surface area (Å²) in [5.74, 6) is -0.216. The molecule has 3 heteroatoms. The second-order valence-corrected chi connectivity index (χ2v) is 2.98. The van der Waals surface area contributed by atoms with E-state index in [0.29, 0.717) is 0 Å².